The van der Waals surface area contributed by atoms with Crippen molar-refractivity contribution in [2.45, 2.75) is 89.0 Å². The molecule has 0 spiro atoms. The number of aliphatic carboxylic acids is 4. The Hall–Kier alpha value is -5.26. The highest BCUT2D eigenvalue weighted by molar-refractivity contribution is 7.99. The van der Waals surface area contributed by atoms with E-state index in [0.29, 0.717) is 93.5 Å². The molecule has 5 aliphatic rings. The molecule has 1 aromatic carbocycles. The first kappa shape index (κ1) is 63.6. The molecule has 1 heterocycles. The average Bonchev–Trinajstić information content (AvgIpc) is 3.51. The van der Waals surface area contributed by atoms with Gasteiger partial charge < -0.3 is 50.8 Å². The summed E-state index contributed by atoms with van der Waals surface area (Å²) in [5.41, 5.74) is 5.96. The van der Waals surface area contributed by atoms with Gasteiger partial charge in [0, 0.05) is 71.2 Å². The zero-order valence-corrected chi connectivity index (χ0v) is 48.2. The molecule has 1 aliphatic heterocycles. The van der Waals surface area contributed by atoms with Crippen LogP contribution in [-0.4, -0.2) is 240 Å². The number of thioether (sulfide) groups is 1. The van der Waals surface area contributed by atoms with Crippen molar-refractivity contribution >= 4 is 53.2 Å². The molecule has 5 fully saturated rings. The molecular weight excluding hydrogens is 1020 g/mol. The van der Waals surface area contributed by atoms with E-state index >= 15 is 0 Å². The molecule has 2 amide bonds. The first-order valence-electron chi connectivity index (χ1n) is 27.5. The largest absolute Gasteiger partial charge is 0.496 e. The van der Waals surface area contributed by atoms with E-state index in [1.54, 1.807) is 70.8 Å². The van der Waals surface area contributed by atoms with Crippen LogP contribution in [0.2, 0.25) is 0 Å². The highest BCUT2D eigenvalue weighted by atomic mass is 32.2. The Labute approximate surface area is 465 Å². The van der Waals surface area contributed by atoms with E-state index in [2.05, 4.69) is 44.6 Å². The Balaban J connectivity index is 1.22. The summed E-state index contributed by atoms with van der Waals surface area (Å²) in [6, 6.07) is 5.37. The number of methoxy groups -OCH3 is 2. The van der Waals surface area contributed by atoms with Gasteiger partial charge in [-0.15, -0.1) is 0 Å². The lowest BCUT2D eigenvalue weighted by Gasteiger charge is -2.59. The molecule has 4 aliphatic carbocycles. The van der Waals surface area contributed by atoms with Crippen molar-refractivity contribution in [2.75, 3.05) is 132 Å². The third-order valence-corrected chi connectivity index (χ3v) is 18.2. The van der Waals surface area contributed by atoms with Crippen molar-refractivity contribution in [3.8, 4) is 11.5 Å². The van der Waals surface area contributed by atoms with Crippen molar-refractivity contribution < 1.29 is 58.7 Å². The summed E-state index contributed by atoms with van der Waals surface area (Å²) in [6.45, 7) is 16.8. The van der Waals surface area contributed by atoms with Gasteiger partial charge in [-0.2, -0.15) is 11.8 Å². The number of carbonyl (C=O) groups is 6. The van der Waals surface area contributed by atoms with Crippen LogP contribution >= 0.6 is 11.8 Å². The summed E-state index contributed by atoms with van der Waals surface area (Å²) in [5.74, 6) is -2.44. The number of carboxylic acids is 4. The van der Waals surface area contributed by atoms with Crippen molar-refractivity contribution in [1.29, 1.82) is 0 Å². The lowest BCUT2D eigenvalue weighted by atomic mass is 9.48. The molecule has 436 valence electrons. The van der Waals surface area contributed by atoms with E-state index in [1.807, 2.05) is 11.8 Å². The van der Waals surface area contributed by atoms with Crippen LogP contribution < -0.4 is 20.5 Å². The number of hydrogen-bond acceptors (Lipinski definition) is 16. The number of nitrogens with one attached hydrogen (secondary N) is 1. The van der Waals surface area contributed by atoms with Gasteiger partial charge in [-0.1, -0.05) is 33.4 Å². The predicted octanol–water partition coefficient (Wildman–Crippen LogP) is 3.47. The maximum atomic E-state index is 14.3. The Kier molecular flexibility index (Phi) is 23.9. The van der Waals surface area contributed by atoms with Crippen LogP contribution in [0.3, 0.4) is 0 Å². The molecule has 2 atom stereocenters. The number of nitrogens with two attached hydrogens (primary N) is 1. The van der Waals surface area contributed by atoms with Gasteiger partial charge >= 0.3 is 23.9 Å². The van der Waals surface area contributed by atoms with Crippen LogP contribution in [0, 0.1) is 29.6 Å². The van der Waals surface area contributed by atoms with Gasteiger partial charge in [0.2, 0.25) is 5.91 Å². The monoisotopic (exact) mass is 1110 g/mol. The Morgan fingerprint density at radius 2 is 1.22 bits per heavy atom. The van der Waals surface area contributed by atoms with Crippen LogP contribution in [0.5, 0.6) is 11.5 Å². The standard InChI is InChI=1S/C56H89N9O12S/c1-37(2)38(3)55(5,58-45(52-46(76-8)13-10-14-47(52)77-9)32-44(57)53(73)59-56(54(74)75)42-28-40-27-41(30-42)31-43(56)29-40)39(4)78-26-12-16-60(6)15-11-17-61(7)48(66)33-62-18-20-63(34-49(67)68)22-24-65(36-51(71)72)25-23-64(21-19-62)35-50(69)70/h10,13-14,32,37,39-43H,3,11-12,15-31,33-36,57H2,1-2,4-9H3,(H,59,73)(H,67,68)(H,69,70)(H,71,72)(H,74,75)/t39?,40?,41?,42?,43?,55-,56?/m1/s1. The highest BCUT2D eigenvalue weighted by Crippen LogP contribution is 2.58. The zero-order valence-electron chi connectivity index (χ0n) is 47.4. The second kappa shape index (κ2) is 29.3. The summed E-state index contributed by atoms with van der Waals surface area (Å²) >= 11 is 1.76. The van der Waals surface area contributed by atoms with E-state index in [0.717, 1.165) is 69.4 Å². The third kappa shape index (κ3) is 17.1. The minimum Gasteiger partial charge on any atom is -0.496 e. The number of carboxylic acid groups (broad SMARTS) is 4. The van der Waals surface area contributed by atoms with Crippen LogP contribution in [0.1, 0.15) is 78.2 Å². The van der Waals surface area contributed by atoms with Crippen LogP contribution in [0.25, 0.3) is 0 Å². The van der Waals surface area contributed by atoms with Gasteiger partial charge in [0.1, 0.15) is 17.0 Å². The summed E-state index contributed by atoms with van der Waals surface area (Å²) in [6.07, 6.45) is 7.33. The number of carbonyl (C=O) groups excluding carboxylic acids is 2. The van der Waals surface area contributed by atoms with Gasteiger partial charge in [-0.3, -0.25) is 48.6 Å². The van der Waals surface area contributed by atoms with Crippen LogP contribution in [-0.2, 0) is 28.8 Å². The minimum atomic E-state index is -1.39. The first-order valence-corrected chi connectivity index (χ1v) is 28.6. The molecule has 78 heavy (non-hydrogen) atoms. The summed E-state index contributed by atoms with van der Waals surface area (Å²) in [7, 11) is 6.91. The molecule has 22 heteroatoms. The fraction of sp³-hybridized carbons (Fsp3) is 0.696. The second-order valence-corrected chi connectivity index (χ2v) is 24.0. The quantitative estimate of drug-likeness (QED) is 0.0303. The van der Waals surface area contributed by atoms with Crippen molar-refractivity contribution in [1.82, 2.24) is 34.7 Å². The fourth-order valence-electron chi connectivity index (χ4n) is 12.2. The van der Waals surface area contributed by atoms with Crippen molar-refractivity contribution in [3.63, 3.8) is 0 Å². The number of benzene rings is 1. The Morgan fingerprint density at radius 1 is 0.769 bits per heavy atom. The number of nitrogens with zero attached hydrogens (tertiary/aromatic N) is 7. The third-order valence-electron chi connectivity index (χ3n) is 16.7. The van der Waals surface area contributed by atoms with E-state index in [4.69, 9.17) is 20.2 Å². The van der Waals surface area contributed by atoms with Gasteiger partial charge in [0.15, 0.2) is 0 Å². The van der Waals surface area contributed by atoms with Gasteiger partial charge in [-0.25, -0.2) is 4.79 Å². The molecule has 1 saturated heterocycles. The van der Waals surface area contributed by atoms with Gasteiger partial charge in [-0.05, 0) is 131 Å². The number of rotatable bonds is 28. The van der Waals surface area contributed by atoms with E-state index in [1.165, 1.54) is 6.08 Å². The Bertz CT molecular complexity index is 2250. The summed E-state index contributed by atoms with van der Waals surface area (Å²) < 4.78 is 11.7. The molecule has 4 saturated carbocycles. The first-order chi connectivity index (χ1) is 36.9. The molecule has 7 N–H and O–H groups in total. The lowest BCUT2D eigenvalue weighted by Crippen LogP contribution is -2.70. The summed E-state index contributed by atoms with van der Waals surface area (Å²) in [4.78, 5) is 92.6. The molecule has 21 nitrogen and oxygen atoms in total. The molecule has 1 unspecified atom stereocenters. The number of aliphatic imine (C=N–C) groups is 1. The van der Waals surface area contributed by atoms with Gasteiger partial charge in [0.25, 0.3) is 5.91 Å². The van der Waals surface area contributed by atoms with Crippen LogP contribution in [0.15, 0.2) is 47.1 Å². The van der Waals surface area contributed by atoms with E-state index in [-0.39, 0.29) is 60.8 Å². The van der Waals surface area contributed by atoms with E-state index in [9.17, 15) is 49.2 Å². The smallest absolute Gasteiger partial charge is 0.330 e. The van der Waals surface area contributed by atoms with Gasteiger partial charge in [0.05, 0.1) is 62.9 Å². The lowest BCUT2D eigenvalue weighted by molar-refractivity contribution is -0.167. The van der Waals surface area contributed by atoms with Crippen LogP contribution in [0.4, 0.5) is 0 Å². The normalized spacial score (nSPS) is 24.2. The number of allylic oxidation sites excluding steroid dienone is 1. The Morgan fingerprint density at radius 3 is 1.64 bits per heavy atom. The zero-order chi connectivity index (χ0) is 57.5. The number of likely N-dealkylation sites (N-methyl/N-ethyl adjacent to an activating group) is 1. The molecule has 4 bridgehead atoms. The van der Waals surface area contributed by atoms with Crippen molar-refractivity contribution in [2.24, 2.45) is 40.3 Å². The van der Waals surface area contributed by atoms with E-state index < -0.39 is 40.9 Å². The molecule has 1 aromatic rings. The maximum absolute atomic E-state index is 14.3. The molecule has 0 radical (unpaired) electrons. The molecular formula is C56H89N9O12S. The highest BCUT2D eigenvalue weighted by Gasteiger charge is 2.62. The number of amides is 2. The second-order valence-electron chi connectivity index (χ2n) is 22.5. The fourth-order valence-corrected chi connectivity index (χ4v) is 13.4. The SMILES string of the molecule is C=C(C(C)C)[C@@](C)(N=C(C=C(N)C(=O)NC1(C(=O)O)C2CC3CC(C2)CC1C3)c1c(OC)cccc1OC)C(C)SCCCN(C)CCCN(C)C(=O)CN1CCN(CC(=O)O)CCN(CC(=O)O)CCN(CC(=O)O)CC1. The number of hydrogen-bond donors (Lipinski definition) is 6. The molecule has 0 aromatic heterocycles. The van der Waals surface area contributed by atoms with Crippen molar-refractivity contribution in [3.05, 3.63) is 47.7 Å². The predicted molar refractivity (Wildman–Crippen MR) is 301 cm³/mol. The topological polar surface area (TPSA) is 272 Å². The maximum Gasteiger partial charge on any atom is 0.330 e. The summed E-state index contributed by atoms with van der Waals surface area (Å²) in [5, 5.41) is 42.3. The molecule has 6 rings (SSSR count). The minimum absolute atomic E-state index is 0.0245. The number of ether oxygens (including phenoxy) is 2. The average molecular weight is 1110 g/mol.